The Hall–Kier alpha value is -1.36. The fourth-order valence-corrected chi connectivity index (χ4v) is 2.59. The second kappa shape index (κ2) is 6.88. The summed E-state index contributed by atoms with van der Waals surface area (Å²) in [5, 5.41) is 28.1. The van der Waals surface area contributed by atoms with Crippen LogP contribution in [0.2, 0.25) is 0 Å². The van der Waals surface area contributed by atoms with E-state index in [1.54, 1.807) is 12.2 Å². The Morgan fingerprint density at radius 2 is 1.90 bits per heavy atom. The quantitative estimate of drug-likeness (QED) is 0.446. The molecule has 20 heavy (non-hydrogen) atoms. The number of aliphatic hydroxyl groups is 1. The average molecular weight is 284 g/mol. The smallest absolute Gasteiger partial charge is 0.321 e. The highest BCUT2D eigenvalue weighted by molar-refractivity contribution is 6.02. The van der Waals surface area contributed by atoms with Gasteiger partial charge in [-0.05, 0) is 18.8 Å². The molecular formula is C15H24O5. The van der Waals surface area contributed by atoms with Gasteiger partial charge in [-0.2, -0.15) is 0 Å². The SMILES string of the molecule is CCCCC(CC)C(O)/C=C/C1CC1(C(=O)O)C(=O)O. The molecule has 0 aliphatic heterocycles. The van der Waals surface area contributed by atoms with E-state index in [-0.39, 0.29) is 12.3 Å². The van der Waals surface area contributed by atoms with Gasteiger partial charge in [0.25, 0.3) is 0 Å². The molecule has 1 aliphatic rings. The minimum absolute atomic E-state index is 0.104. The predicted octanol–water partition coefficient (Wildman–Crippen LogP) is 2.30. The zero-order valence-electron chi connectivity index (χ0n) is 12.1. The third kappa shape index (κ3) is 3.39. The summed E-state index contributed by atoms with van der Waals surface area (Å²) in [5.41, 5.74) is -1.68. The maximum Gasteiger partial charge on any atom is 0.321 e. The molecule has 0 saturated heterocycles. The van der Waals surface area contributed by atoms with Crippen molar-refractivity contribution in [2.24, 2.45) is 17.3 Å². The number of hydrogen-bond donors (Lipinski definition) is 3. The fourth-order valence-electron chi connectivity index (χ4n) is 2.59. The molecule has 0 bridgehead atoms. The van der Waals surface area contributed by atoms with E-state index < -0.39 is 29.4 Å². The summed E-state index contributed by atoms with van der Waals surface area (Å²) in [7, 11) is 0. The molecule has 3 N–H and O–H groups in total. The first kappa shape index (κ1) is 16.7. The zero-order chi connectivity index (χ0) is 15.3. The standard InChI is InChI=1S/C15H24O5/c1-3-5-6-10(4-2)12(16)8-7-11-9-15(11,13(17)18)14(19)20/h7-8,10-12,16H,3-6,9H2,1-2H3,(H,17,18)(H,19,20)/b8-7+. The maximum atomic E-state index is 11.0. The lowest BCUT2D eigenvalue weighted by atomic mass is 9.92. The predicted molar refractivity (Wildman–Crippen MR) is 74.3 cm³/mol. The number of carboxylic acids is 2. The second-order valence-corrected chi connectivity index (χ2v) is 5.58. The Morgan fingerprint density at radius 1 is 1.30 bits per heavy atom. The van der Waals surface area contributed by atoms with Crippen LogP contribution in [-0.4, -0.2) is 33.4 Å². The van der Waals surface area contributed by atoms with Crippen molar-refractivity contribution in [3.8, 4) is 0 Å². The topological polar surface area (TPSA) is 94.8 Å². The van der Waals surface area contributed by atoms with Crippen molar-refractivity contribution in [3.05, 3.63) is 12.2 Å². The molecule has 3 unspecified atom stereocenters. The van der Waals surface area contributed by atoms with Gasteiger partial charge in [-0.25, -0.2) is 0 Å². The highest BCUT2D eigenvalue weighted by Crippen LogP contribution is 2.54. The normalized spacial score (nSPS) is 23.4. The molecule has 0 aromatic heterocycles. The maximum absolute atomic E-state index is 11.0. The number of aliphatic hydroxyl groups excluding tert-OH is 1. The van der Waals surface area contributed by atoms with Crippen LogP contribution in [0.3, 0.4) is 0 Å². The van der Waals surface area contributed by atoms with Crippen molar-refractivity contribution in [1.82, 2.24) is 0 Å². The van der Waals surface area contributed by atoms with Crippen LogP contribution in [-0.2, 0) is 9.59 Å². The summed E-state index contributed by atoms with van der Waals surface area (Å²) < 4.78 is 0. The van der Waals surface area contributed by atoms with E-state index in [2.05, 4.69) is 6.92 Å². The van der Waals surface area contributed by atoms with Gasteiger partial charge in [-0.15, -0.1) is 0 Å². The molecule has 0 aromatic carbocycles. The van der Waals surface area contributed by atoms with Gasteiger partial charge < -0.3 is 15.3 Å². The highest BCUT2D eigenvalue weighted by Gasteiger charge is 2.65. The summed E-state index contributed by atoms with van der Waals surface area (Å²) in [6.45, 7) is 4.10. The lowest BCUT2D eigenvalue weighted by molar-refractivity contribution is -0.157. The number of carbonyl (C=O) groups is 2. The van der Waals surface area contributed by atoms with Gasteiger partial charge in [0.2, 0.25) is 0 Å². The Labute approximate surface area is 119 Å². The van der Waals surface area contributed by atoms with E-state index in [1.165, 1.54) is 0 Å². The Bertz CT molecular complexity index is 374. The van der Waals surface area contributed by atoms with Crippen LogP contribution in [0, 0.1) is 17.3 Å². The molecule has 1 aliphatic carbocycles. The fraction of sp³-hybridized carbons (Fsp3) is 0.733. The minimum Gasteiger partial charge on any atom is -0.480 e. The molecule has 5 heteroatoms. The van der Waals surface area contributed by atoms with Gasteiger partial charge in [0.05, 0.1) is 6.10 Å². The van der Waals surface area contributed by atoms with Crippen LogP contribution >= 0.6 is 0 Å². The molecule has 1 saturated carbocycles. The van der Waals surface area contributed by atoms with E-state index >= 15 is 0 Å². The third-order valence-electron chi connectivity index (χ3n) is 4.25. The Balaban J connectivity index is 2.60. The first-order valence-corrected chi connectivity index (χ1v) is 7.23. The van der Waals surface area contributed by atoms with Crippen LogP contribution in [0.4, 0.5) is 0 Å². The number of unbranched alkanes of at least 4 members (excludes halogenated alkanes) is 1. The lowest BCUT2D eigenvalue weighted by Gasteiger charge is -2.18. The number of rotatable bonds is 9. The number of hydrogen-bond acceptors (Lipinski definition) is 3. The third-order valence-corrected chi connectivity index (χ3v) is 4.25. The number of allylic oxidation sites excluding steroid dienone is 1. The van der Waals surface area contributed by atoms with Crippen molar-refractivity contribution in [2.45, 2.75) is 52.1 Å². The van der Waals surface area contributed by atoms with Crippen molar-refractivity contribution < 1.29 is 24.9 Å². The first-order chi connectivity index (χ1) is 9.40. The Morgan fingerprint density at radius 3 is 2.30 bits per heavy atom. The van der Waals surface area contributed by atoms with Crippen molar-refractivity contribution in [1.29, 1.82) is 0 Å². The van der Waals surface area contributed by atoms with Crippen molar-refractivity contribution in [2.75, 3.05) is 0 Å². The zero-order valence-corrected chi connectivity index (χ0v) is 12.1. The van der Waals surface area contributed by atoms with Crippen LogP contribution in [0.1, 0.15) is 46.0 Å². The summed E-state index contributed by atoms with van der Waals surface area (Å²) in [4.78, 5) is 22.1. The molecule has 0 amide bonds. The Kier molecular flexibility index (Phi) is 5.74. The van der Waals surface area contributed by atoms with Crippen LogP contribution in [0.5, 0.6) is 0 Å². The second-order valence-electron chi connectivity index (χ2n) is 5.58. The summed E-state index contributed by atoms with van der Waals surface area (Å²) in [5.74, 6) is -2.97. The van der Waals surface area contributed by atoms with E-state index in [0.717, 1.165) is 25.7 Å². The molecule has 0 spiro atoms. The molecular weight excluding hydrogens is 260 g/mol. The van der Waals surface area contributed by atoms with Gasteiger partial charge in [-0.1, -0.05) is 45.3 Å². The monoisotopic (exact) mass is 284 g/mol. The van der Waals surface area contributed by atoms with Gasteiger partial charge in [-0.3, -0.25) is 9.59 Å². The first-order valence-electron chi connectivity index (χ1n) is 7.23. The average Bonchev–Trinajstić information content (AvgIpc) is 3.13. The number of carboxylic acid groups (broad SMARTS) is 2. The van der Waals surface area contributed by atoms with Crippen molar-refractivity contribution >= 4 is 11.9 Å². The molecule has 1 fully saturated rings. The molecule has 3 atom stereocenters. The molecule has 1 rings (SSSR count). The van der Waals surface area contributed by atoms with Gasteiger partial charge in [0.1, 0.15) is 0 Å². The van der Waals surface area contributed by atoms with Crippen LogP contribution in [0.25, 0.3) is 0 Å². The molecule has 5 nitrogen and oxygen atoms in total. The summed E-state index contributed by atoms with van der Waals surface area (Å²) >= 11 is 0. The highest BCUT2D eigenvalue weighted by atomic mass is 16.4. The largest absolute Gasteiger partial charge is 0.480 e. The number of aliphatic carboxylic acids is 2. The van der Waals surface area contributed by atoms with Gasteiger partial charge in [0, 0.05) is 5.92 Å². The van der Waals surface area contributed by atoms with E-state index in [9.17, 15) is 14.7 Å². The molecule has 0 aromatic rings. The summed E-state index contributed by atoms with van der Waals surface area (Å²) in [6, 6.07) is 0. The van der Waals surface area contributed by atoms with E-state index in [4.69, 9.17) is 10.2 Å². The van der Waals surface area contributed by atoms with Crippen molar-refractivity contribution in [3.63, 3.8) is 0 Å². The van der Waals surface area contributed by atoms with E-state index in [0.29, 0.717) is 0 Å². The van der Waals surface area contributed by atoms with Gasteiger partial charge >= 0.3 is 11.9 Å². The van der Waals surface area contributed by atoms with Crippen LogP contribution in [0.15, 0.2) is 12.2 Å². The molecule has 0 radical (unpaired) electrons. The lowest BCUT2D eigenvalue weighted by Crippen LogP contribution is -2.27. The molecule has 0 heterocycles. The van der Waals surface area contributed by atoms with E-state index in [1.807, 2.05) is 6.92 Å². The minimum atomic E-state index is -1.68. The van der Waals surface area contributed by atoms with Gasteiger partial charge in [0.15, 0.2) is 5.41 Å². The van der Waals surface area contributed by atoms with Crippen LogP contribution < -0.4 is 0 Å². The summed E-state index contributed by atoms with van der Waals surface area (Å²) in [6.07, 6.45) is 6.48. The molecule has 114 valence electrons.